The van der Waals surface area contributed by atoms with E-state index in [0.717, 1.165) is 18.0 Å². The second-order valence-corrected chi connectivity index (χ2v) is 3.96. The van der Waals surface area contributed by atoms with E-state index in [1.165, 1.54) is 0 Å². The molecule has 1 aromatic carbocycles. The summed E-state index contributed by atoms with van der Waals surface area (Å²) in [6.07, 6.45) is 0.0108. The Morgan fingerprint density at radius 3 is 2.56 bits per heavy atom. The molecule has 5 nitrogen and oxygen atoms in total. The van der Waals surface area contributed by atoms with Crippen molar-refractivity contribution in [1.82, 2.24) is 5.32 Å². The summed E-state index contributed by atoms with van der Waals surface area (Å²) in [4.78, 5) is 11.6. The third-order valence-electron chi connectivity index (χ3n) is 2.36. The number of carbonyl (C=O) groups excluding carboxylic acids is 1. The summed E-state index contributed by atoms with van der Waals surface area (Å²) < 4.78 is 10.4. The first-order valence-electron chi connectivity index (χ1n) is 5.85. The summed E-state index contributed by atoms with van der Waals surface area (Å²) >= 11 is 0. The Balaban J connectivity index is 2.35. The fraction of sp³-hybridized carbons (Fsp3) is 0.462. The number of carbonyl (C=O) groups is 1. The van der Waals surface area contributed by atoms with Gasteiger partial charge in [0.1, 0.15) is 12.4 Å². The molecule has 0 saturated heterocycles. The van der Waals surface area contributed by atoms with Gasteiger partial charge in [0, 0.05) is 12.2 Å². The number of benzene rings is 1. The molecule has 0 radical (unpaired) electrons. The summed E-state index contributed by atoms with van der Waals surface area (Å²) in [5, 5.41) is 5.73. The average Bonchev–Trinajstić information content (AvgIpc) is 2.38. The van der Waals surface area contributed by atoms with Gasteiger partial charge < -0.3 is 20.1 Å². The van der Waals surface area contributed by atoms with E-state index in [2.05, 4.69) is 10.6 Å². The van der Waals surface area contributed by atoms with Gasteiger partial charge in [-0.15, -0.1) is 0 Å². The highest BCUT2D eigenvalue weighted by Gasteiger charge is 2.06. The molecule has 0 aliphatic carbocycles. The molecule has 0 aromatic heterocycles. The van der Waals surface area contributed by atoms with Gasteiger partial charge in [-0.1, -0.05) is 0 Å². The van der Waals surface area contributed by atoms with Gasteiger partial charge in [-0.25, -0.2) is 0 Å². The molecule has 5 heteroatoms. The van der Waals surface area contributed by atoms with Gasteiger partial charge in [0.05, 0.1) is 13.2 Å². The van der Waals surface area contributed by atoms with Gasteiger partial charge in [0.25, 0.3) is 0 Å². The monoisotopic (exact) mass is 252 g/mol. The van der Waals surface area contributed by atoms with Crippen molar-refractivity contribution in [3.63, 3.8) is 0 Å². The van der Waals surface area contributed by atoms with Crippen LogP contribution in [0.4, 0.5) is 5.69 Å². The topological polar surface area (TPSA) is 59.6 Å². The molecule has 0 aliphatic rings. The van der Waals surface area contributed by atoms with Crippen molar-refractivity contribution in [1.29, 1.82) is 0 Å². The van der Waals surface area contributed by atoms with Gasteiger partial charge >= 0.3 is 0 Å². The Morgan fingerprint density at radius 1 is 1.33 bits per heavy atom. The summed E-state index contributed by atoms with van der Waals surface area (Å²) in [5.41, 5.74) is 0.727. The first-order valence-corrected chi connectivity index (χ1v) is 5.85. The van der Waals surface area contributed by atoms with E-state index in [1.807, 2.05) is 14.0 Å². The van der Waals surface area contributed by atoms with Crippen LogP contribution in [0.25, 0.3) is 0 Å². The van der Waals surface area contributed by atoms with Crippen LogP contribution in [0.2, 0.25) is 0 Å². The van der Waals surface area contributed by atoms with Crippen LogP contribution in [0.15, 0.2) is 24.3 Å². The number of anilines is 1. The molecular weight excluding hydrogens is 232 g/mol. The van der Waals surface area contributed by atoms with E-state index in [9.17, 15) is 4.79 Å². The Kier molecular flexibility index (Phi) is 6.18. The molecule has 0 fully saturated rings. The van der Waals surface area contributed by atoms with Crippen molar-refractivity contribution in [2.24, 2.45) is 0 Å². The number of ether oxygens (including phenoxy) is 2. The van der Waals surface area contributed by atoms with Crippen LogP contribution in [0, 0.1) is 0 Å². The largest absolute Gasteiger partial charge is 0.497 e. The molecule has 0 saturated carbocycles. The van der Waals surface area contributed by atoms with Crippen molar-refractivity contribution < 1.29 is 14.3 Å². The molecule has 100 valence electrons. The molecular formula is C13H20N2O3. The van der Waals surface area contributed by atoms with Crippen LogP contribution < -0.4 is 15.4 Å². The van der Waals surface area contributed by atoms with E-state index >= 15 is 0 Å². The van der Waals surface area contributed by atoms with Gasteiger partial charge in [-0.2, -0.15) is 0 Å². The molecule has 1 atom stereocenters. The van der Waals surface area contributed by atoms with Gasteiger partial charge in [0.2, 0.25) is 5.91 Å². The lowest BCUT2D eigenvalue weighted by molar-refractivity contribution is -0.122. The zero-order valence-corrected chi connectivity index (χ0v) is 11.0. The van der Waals surface area contributed by atoms with E-state index in [4.69, 9.17) is 9.47 Å². The van der Waals surface area contributed by atoms with E-state index in [-0.39, 0.29) is 18.6 Å². The second kappa shape index (κ2) is 7.68. The SMILES string of the molecule is CNCC(C)OCC(=O)Nc1ccc(OC)cc1. The highest BCUT2D eigenvalue weighted by molar-refractivity contribution is 5.91. The Morgan fingerprint density at radius 2 is 2.00 bits per heavy atom. The normalized spacial score (nSPS) is 11.9. The number of hydrogen-bond donors (Lipinski definition) is 2. The van der Waals surface area contributed by atoms with E-state index < -0.39 is 0 Å². The number of methoxy groups -OCH3 is 1. The minimum absolute atomic E-state index is 0.0108. The average molecular weight is 252 g/mol. The predicted molar refractivity (Wildman–Crippen MR) is 71.0 cm³/mol. The number of nitrogens with one attached hydrogen (secondary N) is 2. The standard InChI is InChI=1S/C13H20N2O3/c1-10(8-14-2)18-9-13(16)15-11-4-6-12(17-3)7-5-11/h4-7,10,14H,8-9H2,1-3H3,(H,15,16). The molecule has 0 aliphatic heterocycles. The van der Waals surface area contributed by atoms with Crippen molar-refractivity contribution in [2.45, 2.75) is 13.0 Å². The molecule has 1 amide bonds. The molecule has 1 rings (SSSR count). The van der Waals surface area contributed by atoms with Crippen LogP contribution in [0.3, 0.4) is 0 Å². The number of rotatable bonds is 7. The maximum atomic E-state index is 11.6. The Bertz CT molecular complexity index is 365. The minimum Gasteiger partial charge on any atom is -0.497 e. The van der Waals surface area contributed by atoms with Gasteiger partial charge in [-0.05, 0) is 38.2 Å². The van der Waals surface area contributed by atoms with Gasteiger partial charge in [-0.3, -0.25) is 4.79 Å². The Hall–Kier alpha value is -1.59. The highest BCUT2D eigenvalue weighted by Crippen LogP contribution is 2.14. The maximum Gasteiger partial charge on any atom is 0.250 e. The predicted octanol–water partition coefficient (Wildman–Crippen LogP) is 1.26. The fourth-order valence-electron chi connectivity index (χ4n) is 1.44. The second-order valence-electron chi connectivity index (χ2n) is 3.96. The summed E-state index contributed by atoms with van der Waals surface area (Å²) in [5.74, 6) is 0.593. The lowest BCUT2D eigenvalue weighted by atomic mass is 10.3. The van der Waals surface area contributed by atoms with Crippen molar-refractivity contribution in [2.75, 3.05) is 32.6 Å². The maximum absolute atomic E-state index is 11.6. The highest BCUT2D eigenvalue weighted by atomic mass is 16.5. The summed E-state index contributed by atoms with van der Waals surface area (Å²) in [7, 11) is 3.45. The van der Waals surface area contributed by atoms with E-state index in [1.54, 1.807) is 31.4 Å². The Labute approximate surface area is 107 Å². The zero-order valence-electron chi connectivity index (χ0n) is 11.0. The van der Waals surface area contributed by atoms with Crippen molar-refractivity contribution >= 4 is 11.6 Å². The molecule has 18 heavy (non-hydrogen) atoms. The molecule has 0 heterocycles. The fourth-order valence-corrected chi connectivity index (χ4v) is 1.44. The molecule has 0 bridgehead atoms. The van der Waals surface area contributed by atoms with Crippen molar-refractivity contribution in [3.8, 4) is 5.75 Å². The molecule has 1 unspecified atom stereocenters. The number of amides is 1. The van der Waals surface area contributed by atoms with Crippen LogP contribution in [0.5, 0.6) is 5.75 Å². The first-order chi connectivity index (χ1) is 8.65. The van der Waals surface area contributed by atoms with Crippen LogP contribution in [0.1, 0.15) is 6.92 Å². The molecule has 0 spiro atoms. The summed E-state index contributed by atoms with van der Waals surface area (Å²) in [6, 6.07) is 7.15. The smallest absolute Gasteiger partial charge is 0.250 e. The van der Waals surface area contributed by atoms with Crippen LogP contribution in [-0.4, -0.2) is 39.3 Å². The lowest BCUT2D eigenvalue weighted by Crippen LogP contribution is -2.28. The number of hydrogen-bond acceptors (Lipinski definition) is 4. The van der Waals surface area contributed by atoms with Gasteiger partial charge in [0.15, 0.2) is 0 Å². The number of likely N-dealkylation sites (N-methyl/N-ethyl adjacent to an activating group) is 1. The van der Waals surface area contributed by atoms with Crippen LogP contribution in [-0.2, 0) is 9.53 Å². The molecule has 2 N–H and O–H groups in total. The van der Waals surface area contributed by atoms with Crippen molar-refractivity contribution in [3.05, 3.63) is 24.3 Å². The third kappa shape index (κ3) is 5.16. The van der Waals surface area contributed by atoms with Crippen LogP contribution >= 0.6 is 0 Å². The third-order valence-corrected chi connectivity index (χ3v) is 2.36. The minimum atomic E-state index is -0.164. The lowest BCUT2D eigenvalue weighted by Gasteiger charge is -2.12. The summed E-state index contributed by atoms with van der Waals surface area (Å²) in [6.45, 7) is 2.68. The first kappa shape index (κ1) is 14.5. The quantitative estimate of drug-likeness (QED) is 0.767. The zero-order chi connectivity index (χ0) is 13.4. The molecule has 1 aromatic rings. The van der Waals surface area contributed by atoms with E-state index in [0.29, 0.717) is 0 Å².